The lowest BCUT2D eigenvalue weighted by Crippen LogP contribution is -2.46. The van der Waals surface area contributed by atoms with E-state index in [1.54, 1.807) is 0 Å². The van der Waals surface area contributed by atoms with Crippen LogP contribution in [0.15, 0.2) is 30.3 Å². The molecule has 2 aromatic rings. The zero-order valence-electron chi connectivity index (χ0n) is 14.7. The molecule has 1 saturated carbocycles. The van der Waals surface area contributed by atoms with Crippen molar-refractivity contribution in [1.82, 2.24) is 19.7 Å². The van der Waals surface area contributed by atoms with Crippen LogP contribution in [0.1, 0.15) is 48.6 Å². The van der Waals surface area contributed by atoms with Crippen molar-refractivity contribution in [2.75, 3.05) is 19.8 Å². The fourth-order valence-corrected chi connectivity index (χ4v) is 3.69. The first-order valence-electron chi connectivity index (χ1n) is 9.17. The molecule has 134 valence electrons. The second-order valence-corrected chi connectivity index (χ2v) is 7.13. The number of benzene rings is 1. The number of hydrogen-bond acceptors (Lipinski definition) is 5. The molecule has 2 atom stereocenters. The fourth-order valence-electron chi connectivity index (χ4n) is 3.69. The first-order valence-corrected chi connectivity index (χ1v) is 9.17. The van der Waals surface area contributed by atoms with Crippen molar-refractivity contribution < 1.29 is 9.84 Å². The van der Waals surface area contributed by atoms with Crippen molar-refractivity contribution in [2.45, 2.75) is 50.9 Å². The van der Waals surface area contributed by atoms with Gasteiger partial charge in [-0.3, -0.25) is 4.90 Å². The number of rotatable bonds is 6. The van der Waals surface area contributed by atoms with Crippen molar-refractivity contribution in [3.63, 3.8) is 0 Å². The summed E-state index contributed by atoms with van der Waals surface area (Å²) in [5, 5.41) is 19.3. The van der Waals surface area contributed by atoms with Crippen LogP contribution in [-0.2, 0) is 11.3 Å². The van der Waals surface area contributed by atoms with Gasteiger partial charge in [-0.1, -0.05) is 30.3 Å². The average Bonchev–Trinajstić information content (AvgIpc) is 3.41. The van der Waals surface area contributed by atoms with E-state index in [0.29, 0.717) is 19.1 Å². The summed E-state index contributed by atoms with van der Waals surface area (Å²) in [5.41, 5.74) is 0.963. The molecule has 2 unspecified atom stereocenters. The number of aryl methyl sites for hydroxylation is 1. The average molecular weight is 342 g/mol. The minimum absolute atomic E-state index is 0.189. The third-order valence-corrected chi connectivity index (χ3v) is 5.22. The smallest absolute Gasteiger partial charge is 0.147 e. The summed E-state index contributed by atoms with van der Waals surface area (Å²) in [5.74, 6) is 2.05. The molecule has 0 radical (unpaired) electrons. The number of aromatic nitrogens is 3. The van der Waals surface area contributed by atoms with E-state index >= 15 is 0 Å². The van der Waals surface area contributed by atoms with E-state index in [2.05, 4.69) is 19.7 Å². The van der Waals surface area contributed by atoms with E-state index in [4.69, 9.17) is 4.74 Å². The fraction of sp³-hybridized carbons (Fsp3) is 0.579. The van der Waals surface area contributed by atoms with Gasteiger partial charge in [0.05, 0.1) is 25.9 Å². The number of hydrogen-bond donors (Lipinski definition) is 1. The van der Waals surface area contributed by atoms with E-state index < -0.39 is 6.10 Å². The summed E-state index contributed by atoms with van der Waals surface area (Å²) < 4.78 is 7.98. The van der Waals surface area contributed by atoms with Gasteiger partial charge >= 0.3 is 0 Å². The molecule has 6 nitrogen and oxygen atoms in total. The summed E-state index contributed by atoms with van der Waals surface area (Å²) in [7, 11) is 0. The monoisotopic (exact) mass is 342 g/mol. The van der Waals surface area contributed by atoms with Crippen LogP contribution in [0.25, 0.3) is 0 Å². The highest BCUT2D eigenvalue weighted by Crippen LogP contribution is 2.37. The van der Waals surface area contributed by atoms with Gasteiger partial charge in [0.2, 0.25) is 0 Å². The third-order valence-electron chi connectivity index (χ3n) is 5.22. The lowest BCUT2D eigenvalue weighted by atomic mass is 10.0. The van der Waals surface area contributed by atoms with Gasteiger partial charge in [-0.05, 0) is 31.7 Å². The zero-order chi connectivity index (χ0) is 17.2. The highest BCUT2D eigenvalue weighted by molar-refractivity contribution is 5.17. The molecule has 2 aliphatic rings. The Kier molecular flexibility index (Phi) is 4.83. The standard InChI is InChI=1S/C19H26N4O2/c1-14-20-21-19(23(14)16-7-8-16)12-22-9-10-25-13-17(22)11-18(24)15-5-3-2-4-6-15/h2-6,16-18,24H,7-13H2,1H3. The molecule has 0 spiro atoms. The second-order valence-electron chi connectivity index (χ2n) is 7.13. The van der Waals surface area contributed by atoms with Gasteiger partial charge < -0.3 is 14.4 Å². The van der Waals surface area contributed by atoms with Crippen molar-refractivity contribution >= 4 is 0 Å². The van der Waals surface area contributed by atoms with Gasteiger partial charge in [0.25, 0.3) is 0 Å². The van der Waals surface area contributed by atoms with Gasteiger partial charge in [0.1, 0.15) is 11.6 Å². The van der Waals surface area contributed by atoms with Crippen molar-refractivity contribution in [1.29, 1.82) is 0 Å². The number of ether oxygens (including phenoxy) is 1. The molecule has 1 N–H and O–H groups in total. The minimum Gasteiger partial charge on any atom is -0.388 e. The van der Waals surface area contributed by atoms with Crippen LogP contribution in [0.5, 0.6) is 0 Å². The Balaban J connectivity index is 1.46. The van der Waals surface area contributed by atoms with Crippen LogP contribution < -0.4 is 0 Å². The molecule has 25 heavy (non-hydrogen) atoms. The minimum atomic E-state index is -0.474. The molecule has 1 aromatic carbocycles. The maximum absolute atomic E-state index is 10.6. The van der Waals surface area contributed by atoms with Gasteiger partial charge in [0.15, 0.2) is 0 Å². The molecule has 0 amide bonds. The van der Waals surface area contributed by atoms with Crippen molar-refractivity contribution in [3.05, 3.63) is 47.5 Å². The van der Waals surface area contributed by atoms with E-state index in [-0.39, 0.29) is 6.04 Å². The molecule has 6 heteroatoms. The lowest BCUT2D eigenvalue weighted by Gasteiger charge is -2.36. The van der Waals surface area contributed by atoms with Gasteiger partial charge in [-0.15, -0.1) is 10.2 Å². The highest BCUT2D eigenvalue weighted by atomic mass is 16.5. The summed E-state index contributed by atoms with van der Waals surface area (Å²) in [6, 6.07) is 10.6. The molecule has 1 saturated heterocycles. The molecule has 0 bridgehead atoms. The van der Waals surface area contributed by atoms with Crippen LogP contribution in [-0.4, -0.2) is 50.6 Å². The Morgan fingerprint density at radius 1 is 1.24 bits per heavy atom. The van der Waals surface area contributed by atoms with Crippen LogP contribution in [0, 0.1) is 6.92 Å². The summed E-state index contributed by atoms with van der Waals surface area (Å²) in [4.78, 5) is 2.39. The molecule has 1 aliphatic heterocycles. The van der Waals surface area contributed by atoms with Crippen molar-refractivity contribution in [2.24, 2.45) is 0 Å². The molecule has 2 heterocycles. The van der Waals surface area contributed by atoms with Crippen LogP contribution in [0.2, 0.25) is 0 Å². The summed E-state index contributed by atoms with van der Waals surface area (Å²) in [6.45, 7) is 5.05. The quantitative estimate of drug-likeness (QED) is 0.872. The number of nitrogens with zero attached hydrogens (tertiary/aromatic N) is 4. The highest BCUT2D eigenvalue weighted by Gasteiger charge is 2.31. The van der Waals surface area contributed by atoms with Gasteiger partial charge in [-0.2, -0.15) is 0 Å². The van der Waals surface area contributed by atoms with Crippen LogP contribution >= 0.6 is 0 Å². The lowest BCUT2D eigenvalue weighted by molar-refractivity contribution is -0.0314. The Bertz CT molecular complexity index is 699. The van der Waals surface area contributed by atoms with E-state index in [1.165, 1.54) is 12.8 Å². The second kappa shape index (κ2) is 7.23. The van der Waals surface area contributed by atoms with Gasteiger partial charge in [0, 0.05) is 18.6 Å². The molecule has 4 rings (SSSR count). The zero-order valence-corrected chi connectivity index (χ0v) is 14.7. The number of aliphatic hydroxyl groups is 1. The molecule has 1 aromatic heterocycles. The number of morpholine rings is 1. The first kappa shape index (κ1) is 16.7. The molecule has 2 fully saturated rings. The number of aliphatic hydroxyl groups excluding tert-OH is 1. The maximum Gasteiger partial charge on any atom is 0.147 e. The van der Waals surface area contributed by atoms with E-state index in [0.717, 1.165) is 36.9 Å². The molecule has 1 aliphatic carbocycles. The Hall–Kier alpha value is -1.76. The SMILES string of the molecule is Cc1nnc(CN2CCOCC2CC(O)c2ccccc2)n1C1CC1. The van der Waals surface area contributed by atoms with Crippen LogP contribution in [0.3, 0.4) is 0 Å². The maximum atomic E-state index is 10.6. The largest absolute Gasteiger partial charge is 0.388 e. The third kappa shape index (κ3) is 3.76. The van der Waals surface area contributed by atoms with E-state index in [1.807, 2.05) is 37.3 Å². The normalized spacial score (nSPS) is 22.9. The molecular weight excluding hydrogens is 316 g/mol. The summed E-state index contributed by atoms with van der Waals surface area (Å²) >= 11 is 0. The Labute approximate surface area is 148 Å². The Morgan fingerprint density at radius 3 is 2.80 bits per heavy atom. The summed E-state index contributed by atoms with van der Waals surface area (Å²) in [6.07, 6.45) is 2.65. The van der Waals surface area contributed by atoms with E-state index in [9.17, 15) is 5.11 Å². The first-order chi connectivity index (χ1) is 12.2. The Morgan fingerprint density at radius 2 is 2.04 bits per heavy atom. The molecular formula is C19H26N4O2. The van der Waals surface area contributed by atoms with Crippen LogP contribution in [0.4, 0.5) is 0 Å². The topological polar surface area (TPSA) is 63.4 Å². The predicted octanol–water partition coefficient (Wildman–Crippen LogP) is 2.25. The van der Waals surface area contributed by atoms with Gasteiger partial charge in [-0.25, -0.2) is 0 Å². The van der Waals surface area contributed by atoms with Crippen molar-refractivity contribution in [3.8, 4) is 0 Å². The predicted molar refractivity (Wildman–Crippen MR) is 94.1 cm³/mol.